The number of benzene rings is 1. The Labute approximate surface area is 137 Å². The fraction of sp³-hybridized carbons (Fsp3) is 0.579. The Morgan fingerprint density at radius 1 is 1.00 bits per heavy atom. The van der Waals surface area contributed by atoms with Gasteiger partial charge in [-0.15, -0.1) is 10.2 Å². The van der Waals surface area contributed by atoms with Crippen LogP contribution >= 0.6 is 0 Å². The van der Waals surface area contributed by atoms with Crippen LogP contribution in [0.2, 0.25) is 0 Å². The van der Waals surface area contributed by atoms with Crippen LogP contribution in [-0.2, 0) is 13.0 Å². The van der Waals surface area contributed by atoms with Crippen LogP contribution in [0.4, 0.5) is 0 Å². The zero-order valence-corrected chi connectivity index (χ0v) is 13.7. The summed E-state index contributed by atoms with van der Waals surface area (Å²) in [6.07, 6.45) is 8.81. The van der Waals surface area contributed by atoms with E-state index >= 15 is 0 Å². The molecule has 2 aliphatic carbocycles. The molecule has 122 valence electrons. The minimum Gasteiger partial charge on any atom is -0.424 e. The maximum atomic E-state index is 5.89. The summed E-state index contributed by atoms with van der Waals surface area (Å²) in [6.45, 7) is 1.87. The van der Waals surface area contributed by atoms with Crippen molar-refractivity contribution >= 4 is 0 Å². The summed E-state index contributed by atoms with van der Waals surface area (Å²) in [7, 11) is 0. The Morgan fingerprint density at radius 3 is 2.52 bits per heavy atom. The molecule has 0 N–H and O–H groups in total. The molecule has 0 atom stereocenters. The van der Waals surface area contributed by atoms with Crippen molar-refractivity contribution in [3.05, 3.63) is 47.7 Å². The molecule has 0 amide bonds. The lowest BCUT2D eigenvalue weighted by Crippen LogP contribution is -2.34. The second-order valence-electron chi connectivity index (χ2n) is 6.95. The Bertz CT molecular complexity index is 615. The predicted octanol–water partition coefficient (Wildman–Crippen LogP) is 3.93. The van der Waals surface area contributed by atoms with Gasteiger partial charge in [-0.1, -0.05) is 43.2 Å². The monoisotopic (exact) mass is 311 g/mol. The first-order chi connectivity index (χ1) is 11.4. The van der Waals surface area contributed by atoms with Crippen LogP contribution < -0.4 is 0 Å². The third kappa shape index (κ3) is 3.81. The lowest BCUT2D eigenvalue weighted by atomic mass is 10.1. The van der Waals surface area contributed by atoms with Crippen LogP contribution in [0.15, 0.2) is 34.7 Å². The highest BCUT2D eigenvalue weighted by molar-refractivity contribution is 5.15. The van der Waals surface area contributed by atoms with Crippen molar-refractivity contribution in [2.24, 2.45) is 0 Å². The van der Waals surface area contributed by atoms with Crippen LogP contribution in [0.5, 0.6) is 0 Å². The molecule has 23 heavy (non-hydrogen) atoms. The summed E-state index contributed by atoms with van der Waals surface area (Å²) in [5.74, 6) is 2.20. The topological polar surface area (TPSA) is 42.2 Å². The molecule has 2 saturated carbocycles. The molecule has 1 aromatic carbocycles. The number of rotatable bonds is 7. The highest BCUT2D eigenvalue weighted by Gasteiger charge is 2.30. The standard InChI is InChI=1S/C19H25N3O/c1-2-6-15(7-3-1)12-13-22(17-8-4-5-9-17)14-18-20-21-19(23-18)16-10-11-16/h1-3,6-7,16-17H,4-5,8-14H2. The molecule has 0 radical (unpaired) electrons. The lowest BCUT2D eigenvalue weighted by Gasteiger charge is -2.27. The van der Waals surface area contributed by atoms with Gasteiger partial charge in [0.2, 0.25) is 11.8 Å². The second kappa shape index (κ2) is 6.83. The summed E-state index contributed by atoms with van der Waals surface area (Å²) in [5, 5.41) is 8.52. The zero-order valence-electron chi connectivity index (χ0n) is 13.7. The van der Waals surface area contributed by atoms with Crippen molar-refractivity contribution in [3.63, 3.8) is 0 Å². The maximum Gasteiger partial charge on any atom is 0.230 e. The molecule has 4 nitrogen and oxygen atoms in total. The van der Waals surface area contributed by atoms with Gasteiger partial charge in [-0.25, -0.2) is 0 Å². The van der Waals surface area contributed by atoms with Gasteiger partial charge in [0, 0.05) is 18.5 Å². The van der Waals surface area contributed by atoms with Crippen LogP contribution in [0.3, 0.4) is 0 Å². The van der Waals surface area contributed by atoms with E-state index in [1.165, 1.54) is 44.1 Å². The number of hydrogen-bond donors (Lipinski definition) is 0. The van der Waals surface area contributed by atoms with Crippen LogP contribution in [0, 0.1) is 0 Å². The maximum absolute atomic E-state index is 5.89. The SMILES string of the molecule is c1ccc(CCN(Cc2nnc(C3CC3)o2)C2CCCC2)cc1. The van der Waals surface area contributed by atoms with Crippen molar-refractivity contribution in [2.45, 2.75) is 63.5 Å². The molecule has 4 rings (SSSR count). The third-order valence-electron chi connectivity index (χ3n) is 5.12. The summed E-state index contributed by atoms with van der Waals surface area (Å²) in [5.41, 5.74) is 1.40. The minimum absolute atomic E-state index is 0.542. The molecule has 2 aromatic rings. The number of nitrogens with zero attached hydrogens (tertiary/aromatic N) is 3. The Balaban J connectivity index is 1.41. The minimum atomic E-state index is 0.542. The van der Waals surface area contributed by atoms with Gasteiger partial charge >= 0.3 is 0 Å². The van der Waals surface area contributed by atoms with E-state index in [1.807, 2.05) is 0 Å². The first kappa shape index (κ1) is 14.9. The number of aromatic nitrogens is 2. The van der Waals surface area contributed by atoms with Gasteiger partial charge in [0.15, 0.2) is 0 Å². The molecule has 4 heteroatoms. The molecular formula is C19H25N3O. The van der Waals surface area contributed by atoms with E-state index in [0.717, 1.165) is 31.3 Å². The van der Waals surface area contributed by atoms with Gasteiger partial charge in [-0.3, -0.25) is 4.90 Å². The fourth-order valence-electron chi connectivity index (χ4n) is 3.58. The molecule has 0 saturated heterocycles. The van der Waals surface area contributed by atoms with Gasteiger partial charge in [-0.2, -0.15) is 0 Å². The van der Waals surface area contributed by atoms with Crippen LogP contribution in [-0.4, -0.2) is 27.7 Å². The first-order valence-corrected chi connectivity index (χ1v) is 8.99. The fourth-order valence-corrected chi connectivity index (χ4v) is 3.58. The molecule has 0 unspecified atom stereocenters. The van der Waals surface area contributed by atoms with Crippen molar-refractivity contribution < 1.29 is 4.42 Å². The molecular weight excluding hydrogens is 286 g/mol. The summed E-state index contributed by atoms with van der Waals surface area (Å²) >= 11 is 0. The Kier molecular flexibility index (Phi) is 4.42. The Morgan fingerprint density at radius 2 is 1.78 bits per heavy atom. The van der Waals surface area contributed by atoms with Gasteiger partial charge in [-0.05, 0) is 37.7 Å². The number of hydrogen-bond acceptors (Lipinski definition) is 4. The van der Waals surface area contributed by atoms with Crippen molar-refractivity contribution in [2.75, 3.05) is 6.54 Å². The van der Waals surface area contributed by atoms with Gasteiger partial charge < -0.3 is 4.42 Å². The van der Waals surface area contributed by atoms with Crippen molar-refractivity contribution in [3.8, 4) is 0 Å². The van der Waals surface area contributed by atoms with E-state index < -0.39 is 0 Å². The molecule has 2 aliphatic rings. The van der Waals surface area contributed by atoms with Crippen LogP contribution in [0.25, 0.3) is 0 Å². The average Bonchev–Trinajstić information content (AvgIpc) is 3.10. The largest absolute Gasteiger partial charge is 0.424 e. The Hall–Kier alpha value is -1.68. The highest BCUT2D eigenvalue weighted by Crippen LogP contribution is 2.39. The molecule has 0 bridgehead atoms. The van der Waals surface area contributed by atoms with Gasteiger partial charge in [0.25, 0.3) is 0 Å². The smallest absolute Gasteiger partial charge is 0.230 e. The van der Waals surface area contributed by atoms with E-state index in [4.69, 9.17) is 4.42 Å². The average molecular weight is 311 g/mol. The lowest BCUT2D eigenvalue weighted by molar-refractivity contribution is 0.173. The molecule has 1 aromatic heterocycles. The summed E-state index contributed by atoms with van der Waals surface area (Å²) in [6, 6.07) is 11.4. The molecule has 1 heterocycles. The van der Waals surface area contributed by atoms with Crippen LogP contribution in [0.1, 0.15) is 61.8 Å². The van der Waals surface area contributed by atoms with E-state index in [-0.39, 0.29) is 0 Å². The summed E-state index contributed by atoms with van der Waals surface area (Å²) in [4.78, 5) is 2.56. The molecule has 0 aliphatic heterocycles. The van der Waals surface area contributed by atoms with Gasteiger partial charge in [0.1, 0.15) is 0 Å². The third-order valence-corrected chi connectivity index (χ3v) is 5.12. The zero-order chi connectivity index (χ0) is 15.5. The van der Waals surface area contributed by atoms with Crippen molar-refractivity contribution in [1.82, 2.24) is 15.1 Å². The van der Waals surface area contributed by atoms with Crippen molar-refractivity contribution in [1.29, 1.82) is 0 Å². The van der Waals surface area contributed by atoms with E-state index in [0.29, 0.717) is 12.0 Å². The highest BCUT2D eigenvalue weighted by atomic mass is 16.4. The first-order valence-electron chi connectivity index (χ1n) is 8.99. The van der Waals surface area contributed by atoms with E-state index in [9.17, 15) is 0 Å². The van der Waals surface area contributed by atoms with E-state index in [2.05, 4.69) is 45.4 Å². The predicted molar refractivity (Wildman–Crippen MR) is 89.1 cm³/mol. The molecule has 0 spiro atoms. The van der Waals surface area contributed by atoms with Gasteiger partial charge in [0.05, 0.1) is 6.54 Å². The molecule has 2 fully saturated rings. The quantitative estimate of drug-likeness (QED) is 0.777. The normalized spacial score (nSPS) is 18.8. The second-order valence-corrected chi connectivity index (χ2v) is 6.95. The van der Waals surface area contributed by atoms with E-state index in [1.54, 1.807) is 0 Å². The summed E-state index contributed by atoms with van der Waals surface area (Å²) < 4.78 is 5.89.